The van der Waals surface area contributed by atoms with Gasteiger partial charge in [-0.15, -0.1) is 0 Å². The Kier molecular flexibility index (Phi) is 4.76. The molecule has 5 rings (SSSR count). The van der Waals surface area contributed by atoms with E-state index in [-0.39, 0.29) is 5.91 Å². The van der Waals surface area contributed by atoms with Gasteiger partial charge in [0.05, 0.1) is 22.9 Å². The predicted molar refractivity (Wildman–Crippen MR) is 110 cm³/mol. The number of aryl methyl sites for hydroxylation is 1. The van der Waals surface area contributed by atoms with Crippen LogP contribution in [0, 0.1) is 6.92 Å². The Morgan fingerprint density at radius 3 is 2.77 bits per heavy atom. The van der Waals surface area contributed by atoms with Crippen LogP contribution in [0.4, 0.5) is 0 Å². The van der Waals surface area contributed by atoms with Gasteiger partial charge in [0.25, 0.3) is 11.6 Å². The lowest BCUT2D eigenvalue weighted by Gasteiger charge is -2.34. The molecule has 0 radical (unpaired) electrons. The van der Waals surface area contributed by atoms with E-state index in [0.717, 1.165) is 19.6 Å². The van der Waals surface area contributed by atoms with Crippen LogP contribution in [0.5, 0.6) is 0 Å². The molecule has 0 saturated carbocycles. The maximum Gasteiger partial charge on any atom is 0.259 e. The Morgan fingerprint density at radius 2 is 2.03 bits per heavy atom. The highest BCUT2D eigenvalue weighted by Crippen LogP contribution is 2.28. The Balaban J connectivity index is 1.38. The third-order valence-electron chi connectivity index (χ3n) is 5.41. The molecule has 1 saturated heterocycles. The first kappa shape index (κ1) is 18.5. The molecule has 1 aliphatic rings. The van der Waals surface area contributed by atoms with E-state index < -0.39 is 0 Å². The summed E-state index contributed by atoms with van der Waals surface area (Å²) in [6.45, 7) is 5.59. The lowest BCUT2D eigenvalue weighted by atomic mass is 10.1. The first-order valence-corrected chi connectivity index (χ1v) is 9.90. The van der Waals surface area contributed by atoms with Gasteiger partial charge in [0.1, 0.15) is 5.69 Å². The molecule has 0 aromatic carbocycles. The number of pyridine rings is 2. The first-order valence-electron chi connectivity index (χ1n) is 9.90. The lowest BCUT2D eigenvalue weighted by Crippen LogP contribution is -2.48. The molecule has 0 N–H and O–H groups in total. The second-order valence-electron chi connectivity index (χ2n) is 7.41. The summed E-state index contributed by atoms with van der Waals surface area (Å²) in [6, 6.07) is 9.39. The molecule has 0 unspecified atom stereocenters. The van der Waals surface area contributed by atoms with Crippen molar-refractivity contribution in [3.8, 4) is 11.5 Å². The molecule has 0 atom stereocenters. The number of fused-ring (bicyclic) bond motifs is 1. The van der Waals surface area contributed by atoms with Gasteiger partial charge in [-0.1, -0.05) is 11.2 Å². The molecule has 1 fully saturated rings. The minimum absolute atomic E-state index is 0.0393. The fraction of sp³-hybridized carbons (Fsp3) is 0.273. The van der Waals surface area contributed by atoms with Crippen molar-refractivity contribution in [2.24, 2.45) is 0 Å². The normalized spacial score (nSPS) is 15.0. The number of hydrogen-bond donors (Lipinski definition) is 0. The van der Waals surface area contributed by atoms with Gasteiger partial charge in [0.15, 0.2) is 5.76 Å². The van der Waals surface area contributed by atoms with E-state index in [0.29, 0.717) is 46.9 Å². The zero-order valence-corrected chi connectivity index (χ0v) is 16.6. The third-order valence-corrected chi connectivity index (χ3v) is 5.41. The smallest absolute Gasteiger partial charge is 0.259 e. The molecule has 152 valence electrons. The second kappa shape index (κ2) is 7.72. The highest BCUT2D eigenvalue weighted by molar-refractivity contribution is 6.06. The largest absolute Gasteiger partial charge is 0.463 e. The summed E-state index contributed by atoms with van der Waals surface area (Å²) >= 11 is 0. The minimum Gasteiger partial charge on any atom is -0.463 e. The molecule has 0 bridgehead atoms. The maximum atomic E-state index is 13.4. The van der Waals surface area contributed by atoms with Crippen molar-refractivity contribution in [3.05, 3.63) is 65.8 Å². The Labute approximate surface area is 173 Å². The molecule has 5 heterocycles. The van der Waals surface area contributed by atoms with Gasteiger partial charge >= 0.3 is 0 Å². The number of aromatic nitrogens is 3. The van der Waals surface area contributed by atoms with Gasteiger partial charge in [-0.2, -0.15) is 0 Å². The van der Waals surface area contributed by atoms with Crippen molar-refractivity contribution in [1.29, 1.82) is 0 Å². The lowest BCUT2D eigenvalue weighted by molar-refractivity contribution is 0.0630. The fourth-order valence-corrected chi connectivity index (χ4v) is 3.84. The average Bonchev–Trinajstić information content (AvgIpc) is 3.44. The topological polar surface area (TPSA) is 88.5 Å². The monoisotopic (exact) mass is 403 g/mol. The number of hydrogen-bond acceptors (Lipinski definition) is 7. The Hall–Kier alpha value is -3.52. The van der Waals surface area contributed by atoms with Gasteiger partial charge in [-0.25, -0.2) is 4.98 Å². The number of nitrogens with zero attached hydrogens (tertiary/aromatic N) is 5. The highest BCUT2D eigenvalue weighted by Gasteiger charge is 2.26. The molecule has 4 aromatic rings. The minimum atomic E-state index is -0.0393. The van der Waals surface area contributed by atoms with Gasteiger partial charge in [-0.05, 0) is 36.8 Å². The summed E-state index contributed by atoms with van der Waals surface area (Å²) in [5, 5.41) is 4.67. The molecule has 0 spiro atoms. The molecule has 1 amide bonds. The van der Waals surface area contributed by atoms with E-state index in [1.807, 2.05) is 30.2 Å². The number of furan rings is 1. The number of amides is 1. The van der Waals surface area contributed by atoms with E-state index in [2.05, 4.69) is 26.1 Å². The number of carbonyl (C=O) groups is 1. The average molecular weight is 403 g/mol. The van der Waals surface area contributed by atoms with Crippen LogP contribution in [0.2, 0.25) is 0 Å². The van der Waals surface area contributed by atoms with Gasteiger partial charge in [0.2, 0.25) is 0 Å². The van der Waals surface area contributed by atoms with Gasteiger partial charge < -0.3 is 13.8 Å². The van der Waals surface area contributed by atoms with E-state index >= 15 is 0 Å². The molecule has 8 heteroatoms. The van der Waals surface area contributed by atoms with Crippen molar-refractivity contribution >= 4 is 17.0 Å². The van der Waals surface area contributed by atoms with Gasteiger partial charge in [-0.3, -0.25) is 14.7 Å². The van der Waals surface area contributed by atoms with Crippen molar-refractivity contribution in [1.82, 2.24) is 24.9 Å². The molecule has 1 aliphatic heterocycles. The SMILES string of the molecule is Cc1noc2nc(-c3ccco3)cc(C(=O)N3CCN(Cc4cccnc4)CC3)c12. The van der Waals surface area contributed by atoms with E-state index in [1.54, 1.807) is 24.6 Å². The number of rotatable bonds is 4. The van der Waals surface area contributed by atoms with E-state index in [1.165, 1.54) is 5.56 Å². The van der Waals surface area contributed by atoms with Gasteiger partial charge in [0, 0.05) is 45.1 Å². The standard InChI is InChI=1S/C22H21N5O3/c1-15-20-17(12-18(19-5-3-11-29-19)24-21(20)30-25-15)22(28)27-9-7-26(8-10-27)14-16-4-2-6-23-13-16/h2-6,11-13H,7-10,14H2,1H3. The quantitative estimate of drug-likeness (QED) is 0.517. The molecule has 8 nitrogen and oxygen atoms in total. The van der Waals surface area contributed by atoms with Crippen LogP contribution in [0.3, 0.4) is 0 Å². The summed E-state index contributed by atoms with van der Waals surface area (Å²) < 4.78 is 10.8. The van der Waals surface area contributed by atoms with Crippen molar-refractivity contribution < 1.29 is 13.7 Å². The molecular formula is C22H21N5O3. The molecule has 0 aliphatic carbocycles. The van der Waals surface area contributed by atoms with Crippen LogP contribution >= 0.6 is 0 Å². The molecule has 4 aromatic heterocycles. The van der Waals surface area contributed by atoms with Crippen LogP contribution in [0.15, 0.2) is 57.9 Å². The van der Waals surface area contributed by atoms with E-state index in [4.69, 9.17) is 8.94 Å². The highest BCUT2D eigenvalue weighted by atomic mass is 16.5. The van der Waals surface area contributed by atoms with Crippen LogP contribution in [0.1, 0.15) is 21.6 Å². The maximum absolute atomic E-state index is 13.4. The van der Waals surface area contributed by atoms with Crippen LogP contribution in [0.25, 0.3) is 22.6 Å². The Morgan fingerprint density at radius 1 is 1.17 bits per heavy atom. The third kappa shape index (κ3) is 3.46. The number of carbonyl (C=O) groups excluding carboxylic acids is 1. The summed E-state index contributed by atoms with van der Waals surface area (Å²) in [4.78, 5) is 26.3. The fourth-order valence-electron chi connectivity index (χ4n) is 3.84. The van der Waals surface area contributed by atoms with Crippen LogP contribution in [-0.2, 0) is 6.54 Å². The summed E-state index contributed by atoms with van der Waals surface area (Å²) in [6.07, 6.45) is 5.24. The molecular weight excluding hydrogens is 382 g/mol. The zero-order chi connectivity index (χ0) is 20.5. The van der Waals surface area contributed by atoms with Crippen molar-refractivity contribution in [2.45, 2.75) is 13.5 Å². The molecule has 30 heavy (non-hydrogen) atoms. The summed E-state index contributed by atoms with van der Waals surface area (Å²) in [5.41, 5.74) is 3.28. The Bertz CT molecular complexity index is 1160. The zero-order valence-electron chi connectivity index (χ0n) is 16.6. The van der Waals surface area contributed by atoms with Crippen LogP contribution in [-0.4, -0.2) is 57.0 Å². The second-order valence-corrected chi connectivity index (χ2v) is 7.41. The van der Waals surface area contributed by atoms with Crippen molar-refractivity contribution in [2.75, 3.05) is 26.2 Å². The summed E-state index contributed by atoms with van der Waals surface area (Å²) in [7, 11) is 0. The number of piperazine rings is 1. The van der Waals surface area contributed by atoms with Crippen LogP contribution < -0.4 is 0 Å². The predicted octanol–water partition coefficient (Wildman–Crippen LogP) is 3.14. The van der Waals surface area contributed by atoms with E-state index in [9.17, 15) is 4.79 Å². The summed E-state index contributed by atoms with van der Waals surface area (Å²) in [5.74, 6) is 0.545. The van der Waals surface area contributed by atoms with Crippen molar-refractivity contribution in [3.63, 3.8) is 0 Å². The first-order chi connectivity index (χ1) is 14.7.